The van der Waals surface area contributed by atoms with Crippen LogP contribution in [-0.2, 0) is 23.0 Å². The zero-order valence-corrected chi connectivity index (χ0v) is 15.8. The number of rotatable bonds is 1. The third-order valence-corrected chi connectivity index (χ3v) is 6.28. The van der Waals surface area contributed by atoms with Crippen LogP contribution in [0.2, 0.25) is 0 Å². The van der Waals surface area contributed by atoms with E-state index in [1.54, 1.807) is 19.1 Å². The Morgan fingerprint density at radius 2 is 1.68 bits per heavy atom. The normalized spacial score (nSPS) is 12.6. The molecule has 1 N–H and O–H groups in total. The SMILES string of the molecule is Cc1ccc(S(=O)(=O)O)c(C)c1.c1ccc2c(c1)CCc1ccsc1-2. The molecule has 0 aliphatic heterocycles. The molecule has 0 radical (unpaired) electrons. The molecule has 4 rings (SSSR count). The Labute approximate surface area is 152 Å². The number of aryl methyl sites for hydroxylation is 4. The molecule has 1 aliphatic rings. The average Bonchev–Trinajstić information content (AvgIpc) is 3.03. The molecule has 1 aromatic heterocycles. The van der Waals surface area contributed by atoms with E-state index in [1.165, 1.54) is 40.5 Å². The standard InChI is InChI=1S/C12H10S.C8H10O3S/c1-2-4-11-9(3-1)5-6-10-7-8-13-12(10)11;1-6-3-4-8(7(2)5-6)12(9,10)11/h1-4,7-8H,5-6H2;3-5H,1-2H3,(H,9,10,11). The molecular weight excluding hydrogens is 352 g/mol. The average molecular weight is 373 g/mol. The molecule has 0 amide bonds. The highest BCUT2D eigenvalue weighted by Crippen LogP contribution is 2.36. The maximum atomic E-state index is 10.7. The Hall–Kier alpha value is -1.95. The van der Waals surface area contributed by atoms with Crippen molar-refractivity contribution in [2.24, 2.45) is 0 Å². The molecule has 0 bridgehead atoms. The Bertz CT molecular complexity index is 1000. The molecule has 130 valence electrons. The largest absolute Gasteiger partial charge is 0.294 e. The van der Waals surface area contributed by atoms with Crippen LogP contribution in [0.25, 0.3) is 10.4 Å². The monoisotopic (exact) mass is 372 g/mol. The zero-order chi connectivity index (χ0) is 18.0. The Kier molecular flexibility index (Phi) is 5.08. The highest BCUT2D eigenvalue weighted by Gasteiger charge is 2.15. The molecule has 25 heavy (non-hydrogen) atoms. The number of fused-ring (bicyclic) bond motifs is 3. The number of hydrogen-bond donors (Lipinski definition) is 1. The first kappa shape index (κ1) is 17.9. The first-order valence-electron chi connectivity index (χ1n) is 8.05. The fraction of sp³-hybridized carbons (Fsp3) is 0.200. The number of hydrogen-bond acceptors (Lipinski definition) is 3. The van der Waals surface area contributed by atoms with Gasteiger partial charge in [0.15, 0.2) is 0 Å². The smallest absolute Gasteiger partial charge is 0.282 e. The maximum Gasteiger partial charge on any atom is 0.294 e. The van der Waals surface area contributed by atoms with Crippen LogP contribution in [-0.4, -0.2) is 13.0 Å². The topological polar surface area (TPSA) is 54.4 Å². The molecule has 0 saturated heterocycles. The predicted octanol–water partition coefficient (Wildman–Crippen LogP) is 5.06. The summed E-state index contributed by atoms with van der Waals surface area (Å²) in [6.07, 6.45) is 2.43. The van der Waals surface area contributed by atoms with Crippen LogP contribution in [0.5, 0.6) is 0 Å². The Morgan fingerprint density at radius 3 is 2.40 bits per heavy atom. The van der Waals surface area contributed by atoms with E-state index in [4.69, 9.17) is 4.55 Å². The van der Waals surface area contributed by atoms with Gasteiger partial charge in [-0.05, 0) is 66.5 Å². The number of benzene rings is 2. The van der Waals surface area contributed by atoms with E-state index in [9.17, 15) is 8.42 Å². The third kappa shape index (κ3) is 4.00. The van der Waals surface area contributed by atoms with Crippen molar-refractivity contribution in [2.75, 3.05) is 0 Å². The van der Waals surface area contributed by atoms with Crippen LogP contribution in [0.1, 0.15) is 22.3 Å². The molecule has 3 nitrogen and oxygen atoms in total. The molecule has 0 unspecified atom stereocenters. The van der Waals surface area contributed by atoms with Crippen molar-refractivity contribution in [3.63, 3.8) is 0 Å². The molecule has 3 aromatic rings. The molecule has 1 heterocycles. The molecular formula is C20H20O3S2. The fourth-order valence-electron chi connectivity index (χ4n) is 3.09. The van der Waals surface area contributed by atoms with Gasteiger partial charge in [-0.25, -0.2) is 0 Å². The summed E-state index contributed by atoms with van der Waals surface area (Å²) in [6.45, 7) is 3.51. The van der Waals surface area contributed by atoms with Gasteiger partial charge in [0.25, 0.3) is 10.1 Å². The lowest BCUT2D eigenvalue weighted by Gasteiger charge is -2.15. The van der Waals surface area contributed by atoms with Gasteiger partial charge in [-0.15, -0.1) is 11.3 Å². The molecule has 0 saturated carbocycles. The van der Waals surface area contributed by atoms with E-state index < -0.39 is 10.1 Å². The van der Waals surface area contributed by atoms with E-state index >= 15 is 0 Å². The first-order chi connectivity index (χ1) is 11.9. The van der Waals surface area contributed by atoms with Gasteiger partial charge in [0.2, 0.25) is 0 Å². The van der Waals surface area contributed by atoms with Crippen LogP contribution < -0.4 is 0 Å². The highest BCUT2D eigenvalue weighted by molar-refractivity contribution is 7.85. The van der Waals surface area contributed by atoms with Crippen molar-refractivity contribution < 1.29 is 13.0 Å². The van der Waals surface area contributed by atoms with Gasteiger partial charge in [0.05, 0.1) is 4.90 Å². The van der Waals surface area contributed by atoms with Gasteiger partial charge in [-0.1, -0.05) is 42.0 Å². The summed E-state index contributed by atoms with van der Waals surface area (Å²) < 4.78 is 30.2. The van der Waals surface area contributed by atoms with Crippen molar-refractivity contribution in [1.82, 2.24) is 0 Å². The second-order valence-electron chi connectivity index (χ2n) is 6.18. The fourth-order valence-corrected chi connectivity index (χ4v) is 4.81. The van der Waals surface area contributed by atoms with Gasteiger partial charge in [0, 0.05) is 4.88 Å². The lowest BCUT2D eigenvalue weighted by Crippen LogP contribution is -2.00. The second kappa shape index (κ2) is 7.12. The first-order valence-corrected chi connectivity index (χ1v) is 10.4. The summed E-state index contributed by atoms with van der Waals surface area (Å²) in [5.41, 5.74) is 6.04. The van der Waals surface area contributed by atoms with E-state index in [-0.39, 0.29) is 4.90 Å². The maximum absolute atomic E-state index is 10.7. The summed E-state index contributed by atoms with van der Waals surface area (Å²) in [5.74, 6) is 0. The highest BCUT2D eigenvalue weighted by atomic mass is 32.2. The summed E-state index contributed by atoms with van der Waals surface area (Å²) >= 11 is 1.87. The summed E-state index contributed by atoms with van der Waals surface area (Å²) in [7, 11) is -4.05. The summed E-state index contributed by atoms with van der Waals surface area (Å²) in [4.78, 5) is 1.47. The molecule has 1 aliphatic carbocycles. The van der Waals surface area contributed by atoms with Gasteiger partial charge in [0.1, 0.15) is 0 Å². The zero-order valence-electron chi connectivity index (χ0n) is 14.2. The quantitative estimate of drug-likeness (QED) is 0.607. The molecule has 0 fully saturated rings. The molecule has 0 spiro atoms. The Morgan fingerprint density at radius 1 is 0.960 bits per heavy atom. The third-order valence-electron chi connectivity index (χ3n) is 4.28. The second-order valence-corrected chi connectivity index (χ2v) is 8.48. The number of thiophene rings is 1. The van der Waals surface area contributed by atoms with Crippen molar-refractivity contribution in [1.29, 1.82) is 0 Å². The van der Waals surface area contributed by atoms with E-state index in [2.05, 4.69) is 35.7 Å². The predicted molar refractivity (Wildman–Crippen MR) is 103 cm³/mol. The van der Waals surface area contributed by atoms with Crippen LogP contribution in [0.3, 0.4) is 0 Å². The summed E-state index contributed by atoms with van der Waals surface area (Å²) in [6, 6.07) is 15.8. The van der Waals surface area contributed by atoms with Crippen LogP contribution >= 0.6 is 11.3 Å². The van der Waals surface area contributed by atoms with E-state index in [1.807, 2.05) is 18.3 Å². The van der Waals surface area contributed by atoms with Crippen LogP contribution in [0, 0.1) is 13.8 Å². The van der Waals surface area contributed by atoms with Gasteiger partial charge in [-0.2, -0.15) is 8.42 Å². The molecule has 0 atom stereocenters. The minimum absolute atomic E-state index is 0.0203. The minimum Gasteiger partial charge on any atom is -0.282 e. The van der Waals surface area contributed by atoms with Crippen LogP contribution in [0.15, 0.2) is 58.8 Å². The van der Waals surface area contributed by atoms with Crippen molar-refractivity contribution in [3.05, 3.63) is 76.2 Å². The van der Waals surface area contributed by atoms with Crippen molar-refractivity contribution >= 4 is 21.5 Å². The van der Waals surface area contributed by atoms with Crippen molar-refractivity contribution in [2.45, 2.75) is 31.6 Å². The minimum atomic E-state index is -4.05. The van der Waals surface area contributed by atoms with E-state index in [0.717, 1.165) is 5.56 Å². The van der Waals surface area contributed by atoms with Gasteiger partial charge in [-0.3, -0.25) is 4.55 Å². The lowest BCUT2D eigenvalue weighted by molar-refractivity contribution is 0.482. The van der Waals surface area contributed by atoms with E-state index in [0.29, 0.717) is 5.56 Å². The van der Waals surface area contributed by atoms with Crippen molar-refractivity contribution in [3.8, 4) is 10.4 Å². The molecule has 2 aromatic carbocycles. The summed E-state index contributed by atoms with van der Waals surface area (Å²) in [5, 5.41) is 2.20. The van der Waals surface area contributed by atoms with Gasteiger partial charge >= 0.3 is 0 Å². The lowest BCUT2D eigenvalue weighted by atomic mass is 9.92. The Balaban J connectivity index is 0.000000147. The van der Waals surface area contributed by atoms with Gasteiger partial charge < -0.3 is 0 Å². The van der Waals surface area contributed by atoms with Crippen LogP contribution in [0.4, 0.5) is 0 Å². The molecule has 5 heteroatoms.